The normalized spacial score (nSPS) is 10.5. The van der Waals surface area contributed by atoms with Gasteiger partial charge in [0.15, 0.2) is 12.2 Å². The summed E-state index contributed by atoms with van der Waals surface area (Å²) in [6.45, 7) is 3.55. The van der Waals surface area contributed by atoms with Gasteiger partial charge >= 0.3 is 12.0 Å². The molecule has 1 aromatic carbocycles. The van der Waals surface area contributed by atoms with Crippen molar-refractivity contribution < 1.29 is 23.5 Å². The van der Waals surface area contributed by atoms with Gasteiger partial charge < -0.3 is 14.5 Å². The minimum Gasteiger partial charge on any atom is -0.450 e. The summed E-state index contributed by atoms with van der Waals surface area (Å²) in [5.41, 5.74) is 0.952. The minimum atomic E-state index is -0.800. The van der Waals surface area contributed by atoms with Crippen LogP contribution in [0.1, 0.15) is 35.9 Å². The van der Waals surface area contributed by atoms with Crippen LogP contribution >= 0.6 is 11.6 Å². The van der Waals surface area contributed by atoms with E-state index in [1.54, 1.807) is 25.1 Å². The second-order valence-corrected chi connectivity index (χ2v) is 5.81. The number of esters is 1. The number of imide groups is 1. The zero-order valence-corrected chi connectivity index (χ0v) is 14.7. The molecule has 0 saturated carbocycles. The third kappa shape index (κ3) is 4.73. The van der Waals surface area contributed by atoms with Crippen molar-refractivity contribution in [3.05, 3.63) is 34.5 Å². The number of nitrogens with one attached hydrogen (secondary N) is 2. The number of unbranched alkanes of at least 4 members (excludes halogenated alkanes) is 1. The van der Waals surface area contributed by atoms with E-state index in [4.69, 9.17) is 20.8 Å². The maximum absolute atomic E-state index is 12.1. The van der Waals surface area contributed by atoms with Gasteiger partial charge in [0.1, 0.15) is 0 Å². The van der Waals surface area contributed by atoms with Crippen LogP contribution in [0, 0.1) is 6.92 Å². The largest absolute Gasteiger partial charge is 0.450 e. The Morgan fingerprint density at radius 2 is 2.04 bits per heavy atom. The number of halogens is 1. The minimum absolute atomic E-state index is 0.0247. The SMILES string of the molecule is CCCCNC(=O)NC(=O)COC(=O)c1oc2c(Cl)cccc2c1C. The molecule has 0 bridgehead atoms. The first kappa shape index (κ1) is 18.8. The summed E-state index contributed by atoms with van der Waals surface area (Å²) in [4.78, 5) is 35.2. The summed E-state index contributed by atoms with van der Waals surface area (Å²) in [5.74, 6) is -1.55. The molecule has 0 aliphatic carbocycles. The fraction of sp³-hybridized carbons (Fsp3) is 0.353. The topological polar surface area (TPSA) is 97.6 Å². The molecule has 0 spiro atoms. The van der Waals surface area contributed by atoms with Crippen molar-refractivity contribution >= 4 is 40.5 Å². The number of carbonyl (C=O) groups is 3. The maximum Gasteiger partial charge on any atom is 0.375 e. The lowest BCUT2D eigenvalue weighted by molar-refractivity contribution is -0.123. The Balaban J connectivity index is 1.92. The monoisotopic (exact) mass is 366 g/mol. The van der Waals surface area contributed by atoms with Crippen LogP contribution in [-0.4, -0.2) is 31.1 Å². The molecular formula is C17H19ClN2O5. The number of furan rings is 1. The molecule has 0 radical (unpaired) electrons. The first-order valence-electron chi connectivity index (χ1n) is 7.86. The van der Waals surface area contributed by atoms with Crippen LogP contribution in [0.4, 0.5) is 4.79 Å². The molecule has 25 heavy (non-hydrogen) atoms. The zero-order chi connectivity index (χ0) is 18.4. The van der Waals surface area contributed by atoms with E-state index in [1.165, 1.54) is 0 Å². The summed E-state index contributed by atoms with van der Waals surface area (Å²) in [7, 11) is 0. The van der Waals surface area contributed by atoms with Gasteiger partial charge in [-0.2, -0.15) is 0 Å². The number of ether oxygens (including phenoxy) is 1. The van der Waals surface area contributed by atoms with Gasteiger partial charge in [0.2, 0.25) is 5.76 Å². The Kier molecular flexibility index (Phi) is 6.41. The van der Waals surface area contributed by atoms with Crippen LogP contribution < -0.4 is 10.6 Å². The molecule has 2 N–H and O–H groups in total. The van der Waals surface area contributed by atoms with Crippen LogP contribution in [0.3, 0.4) is 0 Å². The Bertz CT molecular complexity index is 800. The van der Waals surface area contributed by atoms with E-state index in [-0.39, 0.29) is 5.76 Å². The highest BCUT2D eigenvalue weighted by molar-refractivity contribution is 6.35. The number of para-hydroxylation sites is 1. The quantitative estimate of drug-likeness (QED) is 0.604. The molecule has 2 aromatic rings. The number of fused-ring (bicyclic) bond motifs is 1. The fourth-order valence-corrected chi connectivity index (χ4v) is 2.40. The number of hydrogen-bond acceptors (Lipinski definition) is 5. The van der Waals surface area contributed by atoms with Crippen molar-refractivity contribution in [1.82, 2.24) is 10.6 Å². The molecule has 3 amide bonds. The van der Waals surface area contributed by atoms with Crippen molar-refractivity contribution in [2.24, 2.45) is 0 Å². The predicted molar refractivity (Wildman–Crippen MR) is 92.7 cm³/mol. The number of aryl methyl sites for hydroxylation is 1. The Labute approximate surface area is 149 Å². The molecule has 8 heteroatoms. The van der Waals surface area contributed by atoms with Gasteiger partial charge in [0.25, 0.3) is 5.91 Å². The average molecular weight is 367 g/mol. The number of benzene rings is 1. The number of carbonyl (C=O) groups excluding carboxylic acids is 3. The van der Waals surface area contributed by atoms with Gasteiger partial charge in [0.05, 0.1) is 5.02 Å². The molecule has 1 heterocycles. The van der Waals surface area contributed by atoms with Gasteiger partial charge in [0, 0.05) is 17.5 Å². The van der Waals surface area contributed by atoms with E-state index in [2.05, 4.69) is 10.6 Å². The maximum atomic E-state index is 12.1. The highest BCUT2D eigenvalue weighted by Crippen LogP contribution is 2.30. The molecule has 0 saturated heterocycles. The molecule has 0 fully saturated rings. The van der Waals surface area contributed by atoms with Crippen LogP contribution in [0.2, 0.25) is 5.02 Å². The molecular weight excluding hydrogens is 348 g/mol. The van der Waals surface area contributed by atoms with Crippen LogP contribution in [-0.2, 0) is 9.53 Å². The number of urea groups is 1. The first-order chi connectivity index (χ1) is 11.9. The third-order valence-electron chi connectivity index (χ3n) is 3.50. The fourth-order valence-electron chi connectivity index (χ4n) is 2.19. The van der Waals surface area contributed by atoms with E-state index >= 15 is 0 Å². The summed E-state index contributed by atoms with van der Waals surface area (Å²) < 4.78 is 10.4. The van der Waals surface area contributed by atoms with Crippen LogP contribution in [0.15, 0.2) is 22.6 Å². The molecule has 0 aliphatic rings. The number of rotatable bonds is 6. The summed E-state index contributed by atoms with van der Waals surface area (Å²) in [5, 5.41) is 5.67. The smallest absolute Gasteiger partial charge is 0.375 e. The summed E-state index contributed by atoms with van der Waals surface area (Å²) >= 11 is 6.03. The van der Waals surface area contributed by atoms with E-state index < -0.39 is 24.5 Å². The summed E-state index contributed by atoms with van der Waals surface area (Å²) in [6.07, 6.45) is 1.73. The van der Waals surface area contributed by atoms with Crippen LogP contribution in [0.5, 0.6) is 0 Å². The molecule has 1 aromatic heterocycles. The van der Waals surface area contributed by atoms with Crippen molar-refractivity contribution in [3.8, 4) is 0 Å². The second kappa shape index (κ2) is 8.53. The lowest BCUT2D eigenvalue weighted by Crippen LogP contribution is -2.41. The molecule has 134 valence electrons. The van der Waals surface area contributed by atoms with E-state index in [9.17, 15) is 14.4 Å². The average Bonchev–Trinajstić information content (AvgIpc) is 2.91. The van der Waals surface area contributed by atoms with Gasteiger partial charge in [-0.25, -0.2) is 9.59 Å². The molecule has 0 aliphatic heterocycles. The molecule has 0 unspecified atom stereocenters. The van der Waals surface area contributed by atoms with E-state index in [0.29, 0.717) is 28.1 Å². The predicted octanol–water partition coefficient (Wildman–Crippen LogP) is 3.18. The molecule has 2 rings (SSSR count). The Morgan fingerprint density at radius 1 is 1.28 bits per heavy atom. The van der Waals surface area contributed by atoms with Crippen molar-refractivity contribution in [3.63, 3.8) is 0 Å². The third-order valence-corrected chi connectivity index (χ3v) is 3.80. The van der Waals surface area contributed by atoms with Crippen molar-refractivity contribution in [2.45, 2.75) is 26.7 Å². The number of hydrogen-bond donors (Lipinski definition) is 2. The molecule has 0 atom stereocenters. The Morgan fingerprint density at radius 3 is 2.72 bits per heavy atom. The lowest BCUT2D eigenvalue weighted by Gasteiger charge is -2.06. The van der Waals surface area contributed by atoms with Crippen molar-refractivity contribution in [2.75, 3.05) is 13.2 Å². The highest BCUT2D eigenvalue weighted by Gasteiger charge is 2.21. The van der Waals surface area contributed by atoms with Crippen LogP contribution in [0.25, 0.3) is 11.0 Å². The van der Waals surface area contributed by atoms with E-state index in [1.807, 2.05) is 6.92 Å². The van der Waals surface area contributed by atoms with Gasteiger partial charge in [-0.05, 0) is 19.4 Å². The number of amides is 3. The first-order valence-corrected chi connectivity index (χ1v) is 8.24. The molecule has 7 nitrogen and oxygen atoms in total. The van der Waals surface area contributed by atoms with Crippen molar-refractivity contribution in [1.29, 1.82) is 0 Å². The van der Waals surface area contributed by atoms with E-state index in [0.717, 1.165) is 12.8 Å². The van der Waals surface area contributed by atoms with Gasteiger partial charge in [-0.3, -0.25) is 10.1 Å². The van der Waals surface area contributed by atoms with Gasteiger partial charge in [-0.1, -0.05) is 37.1 Å². The zero-order valence-electron chi connectivity index (χ0n) is 14.0. The highest BCUT2D eigenvalue weighted by atomic mass is 35.5. The summed E-state index contributed by atoms with van der Waals surface area (Å²) in [6, 6.07) is 4.53. The standard InChI is InChI=1S/C17H19ClN2O5/c1-3-4-8-19-17(23)20-13(21)9-24-16(22)14-10(2)11-6-5-7-12(18)15(11)25-14/h5-7H,3-4,8-9H2,1-2H3,(H2,19,20,21,23). The second-order valence-electron chi connectivity index (χ2n) is 5.41. The Hall–Kier alpha value is -2.54. The lowest BCUT2D eigenvalue weighted by atomic mass is 10.1. The van der Waals surface area contributed by atoms with Gasteiger partial charge in [-0.15, -0.1) is 0 Å².